The minimum atomic E-state index is -1.06. The van der Waals surface area contributed by atoms with Crippen LogP contribution in [0.3, 0.4) is 0 Å². The van der Waals surface area contributed by atoms with E-state index in [4.69, 9.17) is 0 Å². The van der Waals surface area contributed by atoms with Crippen LogP contribution in [0.1, 0.15) is 43.0 Å². The predicted molar refractivity (Wildman–Crippen MR) is 111 cm³/mol. The zero-order valence-electron chi connectivity index (χ0n) is 16.0. The van der Waals surface area contributed by atoms with Crippen LogP contribution in [-0.2, 0) is 12.8 Å². The van der Waals surface area contributed by atoms with E-state index in [-0.39, 0.29) is 11.5 Å². The number of carboxylic acids is 1. The first kappa shape index (κ1) is 19.4. The Kier molecular flexibility index (Phi) is 5.90. The van der Waals surface area contributed by atoms with Gasteiger partial charge in [-0.15, -0.1) is 0 Å². The molecule has 0 atom stereocenters. The summed E-state index contributed by atoms with van der Waals surface area (Å²) in [5, 5.41) is 12.3. The number of nitrogens with one attached hydrogen (secondary N) is 1. The lowest BCUT2D eigenvalue weighted by Gasteiger charge is -2.12. The van der Waals surface area contributed by atoms with E-state index in [2.05, 4.69) is 17.4 Å². The van der Waals surface area contributed by atoms with Crippen molar-refractivity contribution in [3.05, 3.63) is 100 Å². The van der Waals surface area contributed by atoms with E-state index < -0.39 is 5.97 Å². The second-order valence-electron chi connectivity index (χ2n) is 6.92. The average Bonchev–Trinajstić information content (AvgIpc) is 2.69. The molecule has 0 aliphatic heterocycles. The predicted octanol–water partition coefficient (Wildman–Crippen LogP) is 5.04. The Morgan fingerprint density at radius 2 is 1.54 bits per heavy atom. The zero-order valence-corrected chi connectivity index (χ0v) is 16.0. The summed E-state index contributed by atoms with van der Waals surface area (Å²) in [6.45, 7) is 3.93. The van der Waals surface area contributed by atoms with E-state index in [1.54, 1.807) is 24.3 Å². The van der Waals surface area contributed by atoms with E-state index in [0.717, 1.165) is 29.5 Å². The Labute approximate surface area is 164 Å². The molecule has 28 heavy (non-hydrogen) atoms. The van der Waals surface area contributed by atoms with Crippen molar-refractivity contribution in [3.8, 4) is 0 Å². The summed E-state index contributed by atoms with van der Waals surface area (Å²) in [5.41, 5.74) is 5.22. The molecular formula is C24H23NO3. The SMILES string of the molecule is Cc1ccc(C(=O)Nc2cc(CCc3ccccc3)ccc2C(=O)O)cc1C. The third-order valence-electron chi connectivity index (χ3n) is 4.88. The number of hydrogen-bond acceptors (Lipinski definition) is 2. The van der Waals surface area contributed by atoms with Gasteiger partial charge in [0, 0.05) is 5.56 Å². The second kappa shape index (κ2) is 8.53. The van der Waals surface area contributed by atoms with Gasteiger partial charge in [0.1, 0.15) is 0 Å². The van der Waals surface area contributed by atoms with Gasteiger partial charge in [0.05, 0.1) is 11.3 Å². The molecule has 0 fully saturated rings. The molecule has 3 aromatic rings. The molecule has 0 bridgehead atoms. The third kappa shape index (κ3) is 4.65. The number of aromatic carboxylic acids is 1. The van der Waals surface area contributed by atoms with Crippen LogP contribution in [0.2, 0.25) is 0 Å². The summed E-state index contributed by atoms with van der Waals surface area (Å²) in [6.07, 6.45) is 1.61. The smallest absolute Gasteiger partial charge is 0.337 e. The lowest BCUT2D eigenvalue weighted by molar-refractivity contribution is 0.0698. The highest BCUT2D eigenvalue weighted by Crippen LogP contribution is 2.21. The van der Waals surface area contributed by atoms with E-state index in [0.29, 0.717) is 11.3 Å². The molecule has 2 N–H and O–H groups in total. The summed E-state index contributed by atoms with van der Waals surface area (Å²) in [6, 6.07) is 20.7. The quantitative estimate of drug-likeness (QED) is 0.636. The lowest BCUT2D eigenvalue weighted by atomic mass is 10.0. The Bertz CT molecular complexity index is 1010. The largest absolute Gasteiger partial charge is 0.478 e. The molecule has 0 aromatic heterocycles. The number of hydrogen-bond donors (Lipinski definition) is 2. The number of anilines is 1. The number of amides is 1. The van der Waals surface area contributed by atoms with Gasteiger partial charge in [-0.3, -0.25) is 4.79 Å². The van der Waals surface area contributed by atoms with Crippen molar-refractivity contribution in [2.45, 2.75) is 26.7 Å². The number of carbonyl (C=O) groups excluding carboxylic acids is 1. The van der Waals surface area contributed by atoms with Crippen LogP contribution in [0.5, 0.6) is 0 Å². The first-order chi connectivity index (χ1) is 13.4. The number of rotatable bonds is 6. The molecule has 1 amide bonds. The highest BCUT2D eigenvalue weighted by atomic mass is 16.4. The maximum atomic E-state index is 12.6. The molecule has 3 aromatic carbocycles. The number of carboxylic acid groups (broad SMARTS) is 1. The maximum absolute atomic E-state index is 12.6. The van der Waals surface area contributed by atoms with E-state index in [1.807, 2.05) is 44.2 Å². The van der Waals surface area contributed by atoms with Crippen molar-refractivity contribution in [2.75, 3.05) is 5.32 Å². The first-order valence-electron chi connectivity index (χ1n) is 9.23. The number of carbonyl (C=O) groups is 2. The van der Waals surface area contributed by atoms with Crippen molar-refractivity contribution < 1.29 is 14.7 Å². The van der Waals surface area contributed by atoms with Gasteiger partial charge in [-0.05, 0) is 73.2 Å². The monoisotopic (exact) mass is 373 g/mol. The lowest BCUT2D eigenvalue weighted by Crippen LogP contribution is -2.15. The Balaban J connectivity index is 1.82. The molecule has 0 aliphatic rings. The van der Waals surface area contributed by atoms with E-state index >= 15 is 0 Å². The molecule has 0 unspecified atom stereocenters. The molecule has 0 saturated carbocycles. The molecule has 4 heteroatoms. The highest BCUT2D eigenvalue weighted by Gasteiger charge is 2.15. The molecule has 0 radical (unpaired) electrons. The zero-order chi connectivity index (χ0) is 20.1. The van der Waals surface area contributed by atoms with Gasteiger partial charge in [-0.25, -0.2) is 4.79 Å². The maximum Gasteiger partial charge on any atom is 0.337 e. The summed E-state index contributed by atoms with van der Waals surface area (Å²) in [7, 11) is 0. The molecule has 0 saturated heterocycles. The van der Waals surface area contributed by atoms with Crippen molar-refractivity contribution in [2.24, 2.45) is 0 Å². The van der Waals surface area contributed by atoms with Crippen molar-refractivity contribution in [3.63, 3.8) is 0 Å². The van der Waals surface area contributed by atoms with Crippen LogP contribution in [0.15, 0.2) is 66.7 Å². The van der Waals surface area contributed by atoms with Gasteiger partial charge in [0.2, 0.25) is 0 Å². The molecule has 142 valence electrons. The van der Waals surface area contributed by atoms with Crippen LogP contribution in [0.25, 0.3) is 0 Å². The fourth-order valence-electron chi connectivity index (χ4n) is 3.05. The van der Waals surface area contributed by atoms with Crippen LogP contribution in [-0.4, -0.2) is 17.0 Å². The molecule has 0 aliphatic carbocycles. The van der Waals surface area contributed by atoms with Crippen LogP contribution in [0, 0.1) is 13.8 Å². The fraction of sp³-hybridized carbons (Fsp3) is 0.167. The topological polar surface area (TPSA) is 66.4 Å². The number of aryl methyl sites for hydroxylation is 4. The van der Waals surface area contributed by atoms with Gasteiger partial charge >= 0.3 is 5.97 Å². The summed E-state index contributed by atoms with van der Waals surface area (Å²) < 4.78 is 0. The van der Waals surface area contributed by atoms with Gasteiger partial charge in [-0.2, -0.15) is 0 Å². The van der Waals surface area contributed by atoms with Crippen molar-refractivity contribution in [1.82, 2.24) is 0 Å². The fourth-order valence-corrected chi connectivity index (χ4v) is 3.05. The van der Waals surface area contributed by atoms with Crippen LogP contribution in [0.4, 0.5) is 5.69 Å². The summed E-state index contributed by atoms with van der Waals surface area (Å²) in [4.78, 5) is 24.2. The van der Waals surface area contributed by atoms with Gasteiger partial charge in [0.15, 0.2) is 0 Å². The van der Waals surface area contributed by atoms with Gasteiger partial charge in [0.25, 0.3) is 5.91 Å². The standard InChI is InChI=1S/C24H23NO3/c1-16-8-12-20(14-17(16)2)23(26)25-22-15-19(11-13-21(22)24(27)28)10-9-18-6-4-3-5-7-18/h3-8,11-15H,9-10H2,1-2H3,(H,25,26)(H,27,28). The molecule has 0 heterocycles. The molecule has 3 rings (SSSR count). The Hall–Kier alpha value is -3.40. The van der Waals surface area contributed by atoms with E-state index in [9.17, 15) is 14.7 Å². The second-order valence-corrected chi connectivity index (χ2v) is 6.92. The first-order valence-corrected chi connectivity index (χ1v) is 9.23. The Morgan fingerprint density at radius 3 is 2.21 bits per heavy atom. The van der Waals surface area contributed by atoms with Crippen molar-refractivity contribution in [1.29, 1.82) is 0 Å². The summed E-state index contributed by atoms with van der Waals surface area (Å²) in [5.74, 6) is -1.38. The third-order valence-corrected chi connectivity index (χ3v) is 4.88. The number of benzene rings is 3. The minimum Gasteiger partial charge on any atom is -0.478 e. The normalized spacial score (nSPS) is 10.5. The van der Waals surface area contributed by atoms with E-state index in [1.165, 1.54) is 5.56 Å². The molecule has 4 nitrogen and oxygen atoms in total. The van der Waals surface area contributed by atoms with Gasteiger partial charge < -0.3 is 10.4 Å². The summed E-state index contributed by atoms with van der Waals surface area (Å²) >= 11 is 0. The van der Waals surface area contributed by atoms with Crippen molar-refractivity contribution >= 4 is 17.6 Å². The van der Waals surface area contributed by atoms with Crippen LogP contribution < -0.4 is 5.32 Å². The average molecular weight is 373 g/mol. The minimum absolute atomic E-state index is 0.0839. The van der Waals surface area contributed by atoms with Gasteiger partial charge in [-0.1, -0.05) is 42.5 Å². The molecular weight excluding hydrogens is 350 g/mol. The Morgan fingerprint density at radius 1 is 0.821 bits per heavy atom. The highest BCUT2D eigenvalue weighted by molar-refractivity contribution is 6.07. The molecule has 0 spiro atoms. The van der Waals surface area contributed by atoms with Crippen LogP contribution >= 0.6 is 0 Å².